The van der Waals surface area contributed by atoms with Crippen LogP contribution in [0.3, 0.4) is 0 Å². The Morgan fingerprint density at radius 3 is 2.67 bits per heavy atom. The molecule has 0 aliphatic carbocycles. The fraction of sp³-hybridized carbons (Fsp3) is 0.385. The first kappa shape index (κ1) is 11.8. The molecule has 0 aliphatic rings. The van der Waals surface area contributed by atoms with Crippen LogP contribution in [0.2, 0.25) is 0 Å². The van der Waals surface area contributed by atoms with E-state index in [2.05, 4.69) is 12.6 Å². The summed E-state index contributed by atoms with van der Waals surface area (Å²) in [6.07, 6.45) is 3.79. The average molecular weight is 205 g/mol. The van der Waals surface area contributed by atoms with Crippen LogP contribution in [0.15, 0.2) is 36.9 Å². The summed E-state index contributed by atoms with van der Waals surface area (Å²) < 4.78 is 10.8. The predicted octanol–water partition coefficient (Wildman–Crippen LogP) is 2.85. The summed E-state index contributed by atoms with van der Waals surface area (Å²) in [5, 5.41) is 0. The van der Waals surface area contributed by atoms with Crippen LogP contribution in [0.1, 0.15) is 12.8 Å². The van der Waals surface area contributed by atoms with Crippen LogP contribution in [0.4, 0.5) is 0 Å². The van der Waals surface area contributed by atoms with E-state index in [0.29, 0.717) is 6.61 Å². The van der Waals surface area contributed by atoms with Gasteiger partial charge in [-0.3, -0.25) is 0 Å². The van der Waals surface area contributed by atoms with Crippen molar-refractivity contribution in [1.29, 1.82) is 0 Å². The van der Waals surface area contributed by atoms with Crippen molar-refractivity contribution in [3.63, 3.8) is 0 Å². The molecular formula is C13H17O2. The van der Waals surface area contributed by atoms with Crippen LogP contribution in [0.5, 0.6) is 5.75 Å². The Bertz CT molecular complexity index is 256. The van der Waals surface area contributed by atoms with Gasteiger partial charge in [-0.2, -0.15) is 0 Å². The van der Waals surface area contributed by atoms with Gasteiger partial charge in [0.2, 0.25) is 0 Å². The zero-order valence-corrected chi connectivity index (χ0v) is 8.95. The number of hydrogen-bond acceptors (Lipinski definition) is 2. The Morgan fingerprint density at radius 1 is 1.20 bits per heavy atom. The molecule has 0 unspecified atom stereocenters. The lowest BCUT2D eigenvalue weighted by molar-refractivity contribution is 0.152. The van der Waals surface area contributed by atoms with Crippen molar-refractivity contribution in [2.24, 2.45) is 0 Å². The molecule has 1 aromatic rings. The first-order chi connectivity index (χ1) is 7.43. The molecule has 0 aliphatic heterocycles. The van der Waals surface area contributed by atoms with Crippen molar-refractivity contribution in [3.8, 4) is 5.75 Å². The monoisotopic (exact) mass is 205 g/mol. The molecule has 0 bridgehead atoms. The molecule has 2 heteroatoms. The van der Waals surface area contributed by atoms with Gasteiger partial charge >= 0.3 is 0 Å². The highest BCUT2D eigenvalue weighted by atomic mass is 16.5. The quantitative estimate of drug-likeness (QED) is 0.480. The predicted molar refractivity (Wildman–Crippen MR) is 61.0 cm³/mol. The molecule has 0 spiro atoms. The van der Waals surface area contributed by atoms with Crippen molar-refractivity contribution in [2.75, 3.05) is 19.8 Å². The van der Waals surface area contributed by atoms with Gasteiger partial charge in [0.15, 0.2) is 0 Å². The number of hydrogen-bond donors (Lipinski definition) is 0. The number of unbranched alkanes of at least 4 members (excludes halogenated alkanes) is 1. The van der Waals surface area contributed by atoms with E-state index in [4.69, 9.17) is 9.47 Å². The molecule has 0 amide bonds. The molecule has 1 rings (SSSR count). The lowest BCUT2D eigenvalue weighted by atomic mass is 10.3. The van der Waals surface area contributed by atoms with E-state index in [-0.39, 0.29) is 0 Å². The molecule has 2 nitrogen and oxygen atoms in total. The molecule has 0 fully saturated rings. The normalized spacial score (nSPS) is 9.87. The van der Waals surface area contributed by atoms with Crippen LogP contribution < -0.4 is 4.74 Å². The second-order valence-electron chi connectivity index (χ2n) is 3.15. The standard InChI is InChI=1S/C13H17O2/c1-2-10-14-11-6-7-12-15-13-8-4-3-5-9-13/h2,4-5,8-9H,1,6-7,10-12H2. The fourth-order valence-corrected chi connectivity index (χ4v) is 1.13. The summed E-state index contributed by atoms with van der Waals surface area (Å²) in [5.41, 5.74) is 0. The van der Waals surface area contributed by atoms with E-state index in [9.17, 15) is 0 Å². The zero-order chi connectivity index (χ0) is 10.8. The van der Waals surface area contributed by atoms with Gasteiger partial charge in [0.1, 0.15) is 5.75 Å². The van der Waals surface area contributed by atoms with Gasteiger partial charge in [0.25, 0.3) is 0 Å². The first-order valence-electron chi connectivity index (χ1n) is 5.21. The topological polar surface area (TPSA) is 18.5 Å². The van der Waals surface area contributed by atoms with E-state index >= 15 is 0 Å². The molecule has 15 heavy (non-hydrogen) atoms. The van der Waals surface area contributed by atoms with Crippen molar-refractivity contribution < 1.29 is 9.47 Å². The van der Waals surface area contributed by atoms with Crippen molar-refractivity contribution in [1.82, 2.24) is 0 Å². The van der Waals surface area contributed by atoms with Gasteiger partial charge < -0.3 is 9.47 Å². The maximum atomic E-state index is 5.52. The highest BCUT2D eigenvalue weighted by Crippen LogP contribution is 2.08. The Kier molecular flexibility index (Phi) is 6.34. The van der Waals surface area contributed by atoms with Gasteiger partial charge in [-0.05, 0) is 31.0 Å². The molecule has 0 N–H and O–H groups in total. The molecule has 0 saturated carbocycles. The van der Waals surface area contributed by atoms with Crippen LogP contribution in [0, 0.1) is 6.07 Å². The van der Waals surface area contributed by atoms with Crippen LogP contribution in [-0.4, -0.2) is 19.8 Å². The molecule has 0 aromatic heterocycles. The zero-order valence-electron chi connectivity index (χ0n) is 8.95. The van der Waals surface area contributed by atoms with E-state index in [1.807, 2.05) is 24.3 Å². The maximum absolute atomic E-state index is 5.52. The first-order valence-corrected chi connectivity index (χ1v) is 5.21. The Balaban J connectivity index is 1.95. The summed E-state index contributed by atoms with van der Waals surface area (Å²) in [6.45, 7) is 5.73. The van der Waals surface area contributed by atoms with Gasteiger partial charge in [-0.1, -0.05) is 18.2 Å². The third-order valence-corrected chi connectivity index (χ3v) is 1.88. The van der Waals surface area contributed by atoms with Gasteiger partial charge in [0, 0.05) is 6.61 Å². The van der Waals surface area contributed by atoms with E-state index in [1.54, 1.807) is 6.08 Å². The van der Waals surface area contributed by atoms with Crippen molar-refractivity contribution >= 4 is 0 Å². The Morgan fingerprint density at radius 2 is 1.93 bits per heavy atom. The Labute approximate surface area is 91.5 Å². The summed E-state index contributed by atoms with van der Waals surface area (Å²) in [6, 6.07) is 10.5. The van der Waals surface area contributed by atoms with Gasteiger partial charge in [-0.15, -0.1) is 6.58 Å². The molecular weight excluding hydrogens is 188 g/mol. The second-order valence-corrected chi connectivity index (χ2v) is 3.15. The molecule has 1 aromatic carbocycles. The molecule has 0 saturated heterocycles. The highest BCUT2D eigenvalue weighted by molar-refractivity contribution is 5.20. The highest BCUT2D eigenvalue weighted by Gasteiger charge is 1.92. The summed E-state index contributed by atoms with van der Waals surface area (Å²) in [4.78, 5) is 0. The SMILES string of the molecule is C=CCOCCCCOc1cc[c]cc1. The molecule has 1 radical (unpaired) electrons. The van der Waals surface area contributed by atoms with E-state index in [1.165, 1.54) is 0 Å². The van der Waals surface area contributed by atoms with E-state index < -0.39 is 0 Å². The fourth-order valence-electron chi connectivity index (χ4n) is 1.13. The number of ether oxygens (including phenoxy) is 2. The third kappa shape index (κ3) is 5.92. The summed E-state index contributed by atoms with van der Waals surface area (Å²) in [5.74, 6) is 0.903. The largest absolute Gasteiger partial charge is 0.494 e. The minimum atomic E-state index is 0.634. The van der Waals surface area contributed by atoms with Crippen molar-refractivity contribution in [2.45, 2.75) is 12.8 Å². The lowest BCUT2D eigenvalue weighted by Crippen LogP contribution is -2.00. The number of benzene rings is 1. The lowest BCUT2D eigenvalue weighted by Gasteiger charge is -2.05. The summed E-state index contributed by atoms with van der Waals surface area (Å²) >= 11 is 0. The summed E-state index contributed by atoms with van der Waals surface area (Å²) in [7, 11) is 0. The van der Waals surface area contributed by atoms with Crippen LogP contribution >= 0.6 is 0 Å². The second kappa shape index (κ2) is 8.06. The smallest absolute Gasteiger partial charge is 0.119 e. The van der Waals surface area contributed by atoms with Gasteiger partial charge in [-0.25, -0.2) is 0 Å². The van der Waals surface area contributed by atoms with Crippen LogP contribution in [-0.2, 0) is 4.74 Å². The van der Waals surface area contributed by atoms with E-state index in [0.717, 1.165) is 31.8 Å². The van der Waals surface area contributed by atoms with Crippen LogP contribution in [0.25, 0.3) is 0 Å². The molecule has 0 heterocycles. The number of rotatable bonds is 8. The maximum Gasteiger partial charge on any atom is 0.119 e. The Hall–Kier alpha value is -1.28. The minimum absolute atomic E-state index is 0.634. The minimum Gasteiger partial charge on any atom is -0.494 e. The molecule has 81 valence electrons. The van der Waals surface area contributed by atoms with Gasteiger partial charge in [0.05, 0.1) is 13.2 Å². The van der Waals surface area contributed by atoms with Crippen molar-refractivity contribution in [3.05, 3.63) is 43.0 Å². The molecule has 0 atom stereocenters. The third-order valence-electron chi connectivity index (χ3n) is 1.88. The average Bonchev–Trinajstić information content (AvgIpc) is 2.29.